The summed E-state index contributed by atoms with van der Waals surface area (Å²) in [4.78, 5) is 25.6. The maximum absolute atomic E-state index is 12.4. The van der Waals surface area contributed by atoms with Crippen LogP contribution in [0.3, 0.4) is 0 Å². The smallest absolute Gasteiger partial charge is 0.310 e. The predicted octanol–water partition coefficient (Wildman–Crippen LogP) is 1.75. The second-order valence-corrected chi connectivity index (χ2v) is 5.21. The highest BCUT2D eigenvalue weighted by Gasteiger charge is 2.69. The van der Waals surface area contributed by atoms with E-state index in [1.165, 1.54) is 7.11 Å². The van der Waals surface area contributed by atoms with Gasteiger partial charge in [0.1, 0.15) is 0 Å². The zero-order valence-corrected chi connectivity index (χ0v) is 10.8. The largest absolute Gasteiger partial charge is 0.469 e. The number of benzene rings is 1. The summed E-state index contributed by atoms with van der Waals surface area (Å²) < 4.78 is 4.75. The number of rotatable bonds is 1. The van der Waals surface area contributed by atoms with E-state index in [1.54, 1.807) is 24.1 Å². The van der Waals surface area contributed by atoms with Crippen LogP contribution in [0.2, 0.25) is 5.02 Å². The number of carbonyl (C=O) groups excluding carboxylic acids is 2. The number of esters is 1. The van der Waals surface area contributed by atoms with Crippen LogP contribution < -0.4 is 4.90 Å². The zero-order valence-electron chi connectivity index (χ0n) is 10.1. The second kappa shape index (κ2) is 3.48. The molecular weight excluding hydrogens is 254 g/mol. The number of likely N-dealkylation sites (N-methyl/N-ethyl adjacent to an activating group) is 1. The SMILES string of the molecule is COC(=O)[C@H]1C[C@@]12C(=O)N(C)c1ccc(Cl)cc12. The molecule has 18 heavy (non-hydrogen) atoms. The number of hydrogen-bond acceptors (Lipinski definition) is 3. The Hall–Kier alpha value is -1.55. The normalized spacial score (nSPS) is 28.5. The fourth-order valence-electron chi connectivity index (χ4n) is 2.91. The molecule has 0 aromatic heterocycles. The first-order valence-corrected chi connectivity index (χ1v) is 6.06. The van der Waals surface area contributed by atoms with Crippen LogP contribution in [0.25, 0.3) is 0 Å². The van der Waals surface area contributed by atoms with E-state index in [2.05, 4.69) is 0 Å². The molecule has 5 heteroatoms. The molecule has 1 amide bonds. The van der Waals surface area contributed by atoms with Crippen molar-refractivity contribution in [3.63, 3.8) is 0 Å². The number of fused-ring (bicyclic) bond motifs is 2. The molecule has 2 aliphatic rings. The molecule has 1 aromatic carbocycles. The Kier molecular flexibility index (Phi) is 2.23. The molecular formula is C13H12ClNO3. The molecule has 3 rings (SSSR count). The van der Waals surface area contributed by atoms with E-state index >= 15 is 0 Å². The van der Waals surface area contributed by atoms with Crippen molar-refractivity contribution in [3.8, 4) is 0 Å². The number of methoxy groups -OCH3 is 1. The quantitative estimate of drug-likeness (QED) is 0.727. The molecule has 0 unspecified atom stereocenters. The Balaban J connectivity index is 2.12. The number of hydrogen-bond donors (Lipinski definition) is 0. The molecule has 1 fully saturated rings. The highest BCUT2D eigenvalue weighted by atomic mass is 35.5. The molecule has 1 heterocycles. The lowest BCUT2D eigenvalue weighted by atomic mass is 9.95. The number of halogens is 1. The Morgan fingerprint density at radius 3 is 2.94 bits per heavy atom. The summed E-state index contributed by atoms with van der Waals surface area (Å²) in [5, 5.41) is 0.576. The monoisotopic (exact) mass is 265 g/mol. The Labute approximate surface area is 109 Å². The first-order chi connectivity index (χ1) is 8.52. The molecule has 94 valence electrons. The van der Waals surface area contributed by atoms with Gasteiger partial charge in [-0.2, -0.15) is 0 Å². The van der Waals surface area contributed by atoms with Gasteiger partial charge in [0.15, 0.2) is 0 Å². The van der Waals surface area contributed by atoms with Gasteiger partial charge < -0.3 is 9.64 Å². The van der Waals surface area contributed by atoms with Gasteiger partial charge in [-0.1, -0.05) is 11.6 Å². The Morgan fingerprint density at radius 2 is 2.28 bits per heavy atom. The minimum Gasteiger partial charge on any atom is -0.469 e. The predicted molar refractivity (Wildman–Crippen MR) is 66.7 cm³/mol. The standard InChI is InChI=1S/C13H12ClNO3/c1-15-10-4-3-7(14)5-8(10)13(12(15)17)6-9(13)11(16)18-2/h3-5,9H,6H2,1-2H3/t9-,13+/m1/s1. The lowest BCUT2D eigenvalue weighted by Crippen LogP contribution is -2.31. The zero-order chi connectivity index (χ0) is 13.1. The van der Waals surface area contributed by atoms with Crippen molar-refractivity contribution in [3.05, 3.63) is 28.8 Å². The molecule has 4 nitrogen and oxygen atoms in total. The van der Waals surface area contributed by atoms with Gasteiger partial charge in [-0.15, -0.1) is 0 Å². The van der Waals surface area contributed by atoms with Crippen molar-refractivity contribution in [2.75, 3.05) is 19.1 Å². The van der Waals surface area contributed by atoms with E-state index in [-0.39, 0.29) is 17.8 Å². The van der Waals surface area contributed by atoms with Crippen LogP contribution in [0.4, 0.5) is 5.69 Å². The average molecular weight is 266 g/mol. The van der Waals surface area contributed by atoms with Crippen molar-refractivity contribution in [1.82, 2.24) is 0 Å². The molecule has 0 radical (unpaired) electrons. The highest BCUT2D eigenvalue weighted by molar-refractivity contribution is 6.31. The third-order valence-electron chi connectivity index (χ3n) is 3.93. The van der Waals surface area contributed by atoms with E-state index in [0.29, 0.717) is 11.4 Å². The van der Waals surface area contributed by atoms with Crippen LogP contribution in [0, 0.1) is 5.92 Å². The van der Waals surface area contributed by atoms with Crippen LogP contribution in [0.5, 0.6) is 0 Å². The first-order valence-electron chi connectivity index (χ1n) is 5.68. The van der Waals surface area contributed by atoms with Crippen molar-refractivity contribution in [2.45, 2.75) is 11.8 Å². The minimum absolute atomic E-state index is 0.0461. The Bertz CT molecular complexity index is 571. The van der Waals surface area contributed by atoms with Gasteiger partial charge in [0.05, 0.1) is 18.4 Å². The summed E-state index contributed by atoms with van der Waals surface area (Å²) >= 11 is 5.99. The van der Waals surface area contributed by atoms with Crippen molar-refractivity contribution in [2.24, 2.45) is 5.92 Å². The van der Waals surface area contributed by atoms with E-state index in [9.17, 15) is 9.59 Å². The number of amides is 1. The summed E-state index contributed by atoms with van der Waals surface area (Å²) in [7, 11) is 3.06. The van der Waals surface area contributed by atoms with Crippen molar-refractivity contribution in [1.29, 1.82) is 0 Å². The van der Waals surface area contributed by atoms with E-state index in [0.717, 1.165) is 11.3 Å². The van der Waals surface area contributed by atoms with Gasteiger partial charge >= 0.3 is 5.97 Å². The molecule has 0 N–H and O–H groups in total. The number of ether oxygens (including phenoxy) is 1. The Morgan fingerprint density at radius 1 is 1.56 bits per heavy atom. The van der Waals surface area contributed by atoms with Gasteiger partial charge in [-0.25, -0.2) is 0 Å². The van der Waals surface area contributed by atoms with Gasteiger partial charge in [0.25, 0.3) is 0 Å². The minimum atomic E-state index is -0.734. The van der Waals surface area contributed by atoms with Crippen LogP contribution in [0.1, 0.15) is 12.0 Å². The fourth-order valence-corrected chi connectivity index (χ4v) is 3.08. The van der Waals surface area contributed by atoms with Crippen LogP contribution >= 0.6 is 11.6 Å². The van der Waals surface area contributed by atoms with E-state index in [4.69, 9.17) is 16.3 Å². The third kappa shape index (κ3) is 1.21. The lowest BCUT2D eigenvalue weighted by Gasteiger charge is -2.10. The van der Waals surface area contributed by atoms with E-state index < -0.39 is 5.41 Å². The lowest BCUT2D eigenvalue weighted by molar-refractivity contribution is -0.143. The number of nitrogens with zero attached hydrogens (tertiary/aromatic N) is 1. The summed E-state index contributed by atoms with van der Waals surface area (Å²) in [5.41, 5.74) is 0.941. The summed E-state index contributed by atoms with van der Waals surface area (Å²) in [6.45, 7) is 0. The van der Waals surface area contributed by atoms with Crippen molar-refractivity contribution < 1.29 is 14.3 Å². The number of anilines is 1. The van der Waals surface area contributed by atoms with Gasteiger partial charge in [0.2, 0.25) is 5.91 Å². The van der Waals surface area contributed by atoms with Crippen LogP contribution in [-0.2, 0) is 19.7 Å². The molecule has 1 aliphatic carbocycles. The summed E-state index contributed by atoms with van der Waals surface area (Å²) in [5.74, 6) is -0.753. The van der Waals surface area contributed by atoms with Crippen LogP contribution in [-0.4, -0.2) is 26.0 Å². The van der Waals surface area contributed by atoms with Crippen molar-refractivity contribution >= 4 is 29.2 Å². The maximum Gasteiger partial charge on any atom is 0.310 e. The van der Waals surface area contributed by atoms with Crippen LogP contribution in [0.15, 0.2) is 18.2 Å². The highest BCUT2D eigenvalue weighted by Crippen LogP contribution is 2.62. The summed E-state index contributed by atoms with van der Waals surface area (Å²) in [6.07, 6.45) is 0.510. The molecule has 2 atom stereocenters. The van der Waals surface area contributed by atoms with Gasteiger partial charge in [0, 0.05) is 17.8 Å². The first kappa shape index (κ1) is 11.5. The van der Waals surface area contributed by atoms with E-state index in [1.807, 2.05) is 6.07 Å². The molecule has 1 saturated carbocycles. The number of carbonyl (C=O) groups is 2. The van der Waals surface area contributed by atoms with Gasteiger partial charge in [-0.05, 0) is 30.2 Å². The topological polar surface area (TPSA) is 46.6 Å². The van der Waals surface area contributed by atoms with Gasteiger partial charge in [-0.3, -0.25) is 9.59 Å². The molecule has 1 aliphatic heterocycles. The second-order valence-electron chi connectivity index (χ2n) is 4.78. The molecule has 1 spiro atoms. The summed E-state index contributed by atoms with van der Waals surface area (Å²) in [6, 6.07) is 5.34. The fraction of sp³-hybridized carbons (Fsp3) is 0.385. The maximum atomic E-state index is 12.4. The molecule has 0 bridgehead atoms. The third-order valence-corrected chi connectivity index (χ3v) is 4.17. The average Bonchev–Trinajstić information content (AvgIpc) is 3.08. The molecule has 1 aromatic rings. The molecule has 0 saturated heterocycles.